The summed E-state index contributed by atoms with van der Waals surface area (Å²) in [5, 5.41) is 9.30. The van der Waals surface area contributed by atoms with Gasteiger partial charge in [0.2, 0.25) is 5.91 Å². The van der Waals surface area contributed by atoms with Crippen LogP contribution in [0.1, 0.15) is 36.8 Å². The van der Waals surface area contributed by atoms with Gasteiger partial charge < -0.3 is 10.0 Å². The quantitative estimate of drug-likeness (QED) is 0.900. The summed E-state index contributed by atoms with van der Waals surface area (Å²) in [6.07, 6.45) is 3.22. The van der Waals surface area contributed by atoms with E-state index in [0.29, 0.717) is 25.9 Å². The monoisotopic (exact) mass is 273 g/mol. The summed E-state index contributed by atoms with van der Waals surface area (Å²) in [6.45, 7) is 1.25. The predicted molar refractivity (Wildman–Crippen MR) is 73.8 cm³/mol. The Morgan fingerprint density at radius 3 is 2.10 bits per heavy atom. The number of aliphatic carboxylic acids is 1. The van der Waals surface area contributed by atoms with E-state index in [4.69, 9.17) is 0 Å². The molecule has 1 N–H and O–H groups in total. The van der Waals surface area contributed by atoms with Gasteiger partial charge in [0.25, 0.3) is 0 Å². The van der Waals surface area contributed by atoms with Crippen LogP contribution in [0.5, 0.6) is 0 Å². The number of carbonyl (C=O) groups is 2. The number of hydrogen-bond donors (Lipinski definition) is 1. The number of fused-ring (bicyclic) bond motifs is 1. The zero-order valence-corrected chi connectivity index (χ0v) is 11.4. The van der Waals surface area contributed by atoms with Crippen LogP contribution >= 0.6 is 0 Å². The van der Waals surface area contributed by atoms with Crippen molar-refractivity contribution in [2.45, 2.75) is 38.8 Å². The zero-order chi connectivity index (χ0) is 14.1. The van der Waals surface area contributed by atoms with E-state index in [1.807, 2.05) is 29.2 Å². The molecule has 2 atom stereocenters. The molecule has 1 aromatic rings. The molecule has 0 saturated heterocycles. The third-order valence-electron chi connectivity index (χ3n) is 4.55. The molecule has 1 aromatic carbocycles. The number of carboxylic acid groups (broad SMARTS) is 1. The molecule has 106 valence electrons. The summed E-state index contributed by atoms with van der Waals surface area (Å²) in [4.78, 5) is 25.8. The molecule has 1 saturated carbocycles. The molecule has 0 radical (unpaired) electrons. The Kier molecular flexibility index (Phi) is 3.47. The first-order valence-corrected chi connectivity index (χ1v) is 7.25. The molecule has 0 bridgehead atoms. The van der Waals surface area contributed by atoms with Crippen LogP contribution in [-0.2, 0) is 22.7 Å². The molecule has 3 rings (SSSR count). The number of amides is 1. The number of carboxylic acids is 1. The largest absolute Gasteiger partial charge is 0.481 e. The maximum atomic E-state index is 12.6. The van der Waals surface area contributed by atoms with Crippen LogP contribution < -0.4 is 0 Å². The molecule has 20 heavy (non-hydrogen) atoms. The minimum Gasteiger partial charge on any atom is -0.481 e. The van der Waals surface area contributed by atoms with Crippen LogP contribution in [-0.4, -0.2) is 21.9 Å². The Labute approximate surface area is 118 Å². The average Bonchev–Trinajstić information content (AvgIpc) is 2.90. The highest BCUT2D eigenvalue weighted by Crippen LogP contribution is 2.34. The molecule has 1 heterocycles. The number of nitrogens with zero attached hydrogens (tertiary/aromatic N) is 1. The first-order valence-electron chi connectivity index (χ1n) is 7.25. The fourth-order valence-electron chi connectivity index (χ4n) is 3.45. The summed E-state index contributed by atoms with van der Waals surface area (Å²) in [5.41, 5.74) is 2.37. The lowest BCUT2D eigenvalue weighted by molar-refractivity contribution is -0.152. The summed E-state index contributed by atoms with van der Waals surface area (Å²) >= 11 is 0. The fraction of sp³-hybridized carbons (Fsp3) is 0.500. The van der Waals surface area contributed by atoms with Gasteiger partial charge >= 0.3 is 5.97 Å². The molecule has 0 unspecified atom stereocenters. The number of hydrogen-bond acceptors (Lipinski definition) is 2. The third-order valence-corrected chi connectivity index (χ3v) is 4.55. The molecule has 1 fully saturated rings. The summed E-state index contributed by atoms with van der Waals surface area (Å²) in [6, 6.07) is 8.04. The average molecular weight is 273 g/mol. The van der Waals surface area contributed by atoms with Gasteiger partial charge in [-0.15, -0.1) is 0 Å². The standard InChI is InChI=1S/C16H19NO3/c18-15(13-7-3-4-8-14(13)16(19)20)17-9-11-5-1-2-6-12(11)10-17/h1-2,5-6,13-14H,3-4,7-10H2,(H,19,20)/t13-,14+/m1/s1. The van der Waals surface area contributed by atoms with Gasteiger partial charge in [-0.3, -0.25) is 9.59 Å². The second kappa shape index (κ2) is 5.27. The molecule has 4 nitrogen and oxygen atoms in total. The first kappa shape index (κ1) is 13.2. The van der Waals surface area contributed by atoms with Gasteiger partial charge in [0.15, 0.2) is 0 Å². The number of carbonyl (C=O) groups excluding carboxylic acids is 1. The van der Waals surface area contributed by atoms with Crippen molar-refractivity contribution < 1.29 is 14.7 Å². The Bertz CT molecular complexity index is 515. The molecule has 1 aliphatic carbocycles. The predicted octanol–water partition coefficient (Wildman–Crippen LogP) is 2.42. The normalized spacial score (nSPS) is 25.3. The van der Waals surface area contributed by atoms with E-state index in [1.165, 1.54) is 11.1 Å². The lowest BCUT2D eigenvalue weighted by Gasteiger charge is -2.30. The summed E-state index contributed by atoms with van der Waals surface area (Å²) in [5.74, 6) is -1.64. The summed E-state index contributed by atoms with van der Waals surface area (Å²) in [7, 11) is 0. The fourth-order valence-corrected chi connectivity index (χ4v) is 3.45. The molecule has 2 aliphatic rings. The Balaban J connectivity index is 1.75. The molecule has 0 spiro atoms. The van der Waals surface area contributed by atoms with Gasteiger partial charge in [0, 0.05) is 13.1 Å². The van der Waals surface area contributed by atoms with Crippen LogP contribution in [0.4, 0.5) is 0 Å². The molecular weight excluding hydrogens is 254 g/mol. The number of rotatable bonds is 2. The van der Waals surface area contributed by atoms with Gasteiger partial charge in [-0.05, 0) is 24.0 Å². The summed E-state index contributed by atoms with van der Waals surface area (Å²) < 4.78 is 0. The Morgan fingerprint density at radius 2 is 1.55 bits per heavy atom. The molecular formula is C16H19NO3. The van der Waals surface area contributed by atoms with E-state index >= 15 is 0 Å². The lowest BCUT2D eigenvalue weighted by atomic mass is 9.78. The smallest absolute Gasteiger partial charge is 0.307 e. The van der Waals surface area contributed by atoms with Crippen molar-refractivity contribution in [3.05, 3.63) is 35.4 Å². The highest BCUT2D eigenvalue weighted by molar-refractivity contribution is 5.85. The Morgan fingerprint density at radius 1 is 1.00 bits per heavy atom. The SMILES string of the molecule is O=C(O)[C@H]1CCCC[C@H]1C(=O)N1Cc2ccccc2C1. The first-order chi connectivity index (χ1) is 9.66. The van der Waals surface area contributed by atoms with E-state index < -0.39 is 11.9 Å². The minimum atomic E-state index is -0.820. The van der Waals surface area contributed by atoms with Gasteiger partial charge in [0.05, 0.1) is 11.8 Å². The Hall–Kier alpha value is -1.84. The van der Waals surface area contributed by atoms with Crippen LogP contribution in [0.2, 0.25) is 0 Å². The lowest BCUT2D eigenvalue weighted by Crippen LogP contribution is -2.40. The van der Waals surface area contributed by atoms with Gasteiger partial charge in [0.1, 0.15) is 0 Å². The van der Waals surface area contributed by atoms with E-state index in [1.54, 1.807) is 0 Å². The van der Waals surface area contributed by atoms with Crippen molar-refractivity contribution in [3.63, 3.8) is 0 Å². The van der Waals surface area contributed by atoms with Gasteiger partial charge in [-0.1, -0.05) is 37.1 Å². The van der Waals surface area contributed by atoms with E-state index in [2.05, 4.69) is 0 Å². The molecule has 1 amide bonds. The van der Waals surface area contributed by atoms with Crippen LogP contribution in [0.15, 0.2) is 24.3 Å². The van der Waals surface area contributed by atoms with E-state index in [0.717, 1.165) is 12.8 Å². The van der Waals surface area contributed by atoms with Crippen LogP contribution in [0, 0.1) is 11.8 Å². The van der Waals surface area contributed by atoms with Crippen molar-refractivity contribution in [2.75, 3.05) is 0 Å². The third kappa shape index (κ3) is 2.30. The maximum Gasteiger partial charge on any atom is 0.307 e. The second-order valence-corrected chi connectivity index (χ2v) is 5.80. The van der Waals surface area contributed by atoms with E-state index in [-0.39, 0.29) is 11.8 Å². The molecule has 4 heteroatoms. The van der Waals surface area contributed by atoms with Crippen molar-refractivity contribution in [3.8, 4) is 0 Å². The maximum absolute atomic E-state index is 12.6. The minimum absolute atomic E-state index is 0.0216. The van der Waals surface area contributed by atoms with E-state index in [9.17, 15) is 14.7 Å². The highest BCUT2D eigenvalue weighted by atomic mass is 16.4. The molecule has 1 aliphatic heterocycles. The van der Waals surface area contributed by atoms with Crippen LogP contribution in [0.3, 0.4) is 0 Å². The highest BCUT2D eigenvalue weighted by Gasteiger charge is 2.39. The topological polar surface area (TPSA) is 57.6 Å². The van der Waals surface area contributed by atoms with Crippen molar-refractivity contribution in [1.29, 1.82) is 0 Å². The van der Waals surface area contributed by atoms with Gasteiger partial charge in [-0.25, -0.2) is 0 Å². The van der Waals surface area contributed by atoms with Crippen LogP contribution in [0.25, 0.3) is 0 Å². The van der Waals surface area contributed by atoms with Crippen molar-refractivity contribution in [2.24, 2.45) is 11.8 Å². The van der Waals surface area contributed by atoms with Crippen molar-refractivity contribution >= 4 is 11.9 Å². The second-order valence-electron chi connectivity index (χ2n) is 5.80. The molecule has 0 aromatic heterocycles. The van der Waals surface area contributed by atoms with Crippen molar-refractivity contribution in [1.82, 2.24) is 4.90 Å². The number of benzene rings is 1. The zero-order valence-electron chi connectivity index (χ0n) is 11.4. The van der Waals surface area contributed by atoms with Gasteiger partial charge in [-0.2, -0.15) is 0 Å².